The third kappa shape index (κ3) is 2.21. The van der Waals surface area contributed by atoms with Crippen LogP contribution in [0.4, 0.5) is 0 Å². The quantitative estimate of drug-likeness (QED) is 0.819. The van der Waals surface area contributed by atoms with Crippen molar-refractivity contribution in [3.8, 4) is 0 Å². The van der Waals surface area contributed by atoms with E-state index in [0.717, 1.165) is 23.8 Å². The maximum Gasteiger partial charge on any atom is 0.0237 e. The lowest BCUT2D eigenvalue weighted by atomic mass is 9.91. The SMILES string of the molecule is CN1C[C@@H]2CN(Cc3ccccc3)[C@@H](C3CC3)[C@H]2C1. The highest BCUT2D eigenvalue weighted by Gasteiger charge is 2.51. The minimum absolute atomic E-state index is 0.871. The molecule has 2 heterocycles. The van der Waals surface area contributed by atoms with Crippen molar-refractivity contribution >= 4 is 0 Å². The zero-order chi connectivity index (χ0) is 12.8. The summed E-state index contributed by atoms with van der Waals surface area (Å²) >= 11 is 0. The van der Waals surface area contributed by atoms with Gasteiger partial charge in [0.05, 0.1) is 0 Å². The Morgan fingerprint density at radius 1 is 1.00 bits per heavy atom. The zero-order valence-electron chi connectivity index (χ0n) is 11.8. The smallest absolute Gasteiger partial charge is 0.0237 e. The Morgan fingerprint density at radius 2 is 1.79 bits per heavy atom. The lowest BCUT2D eigenvalue weighted by molar-refractivity contribution is 0.177. The average molecular weight is 256 g/mol. The average Bonchev–Trinajstić information content (AvgIpc) is 3.09. The summed E-state index contributed by atoms with van der Waals surface area (Å²) in [4.78, 5) is 5.35. The summed E-state index contributed by atoms with van der Waals surface area (Å²) in [6, 6.07) is 11.9. The van der Waals surface area contributed by atoms with Crippen molar-refractivity contribution in [2.24, 2.45) is 17.8 Å². The van der Waals surface area contributed by atoms with Gasteiger partial charge in [0.25, 0.3) is 0 Å². The number of nitrogens with zero attached hydrogens (tertiary/aromatic N) is 2. The first-order chi connectivity index (χ1) is 9.31. The van der Waals surface area contributed by atoms with Gasteiger partial charge < -0.3 is 4.90 Å². The summed E-state index contributed by atoms with van der Waals surface area (Å²) in [6.45, 7) is 5.14. The van der Waals surface area contributed by atoms with Crippen LogP contribution in [-0.2, 0) is 6.54 Å². The molecule has 0 spiro atoms. The van der Waals surface area contributed by atoms with Gasteiger partial charge in [0.1, 0.15) is 0 Å². The number of benzene rings is 1. The molecule has 2 heteroatoms. The van der Waals surface area contributed by atoms with E-state index in [1.807, 2.05) is 0 Å². The van der Waals surface area contributed by atoms with Crippen LogP contribution in [0.2, 0.25) is 0 Å². The Labute approximate surface area is 116 Å². The van der Waals surface area contributed by atoms with Crippen molar-refractivity contribution in [1.82, 2.24) is 9.80 Å². The molecule has 2 saturated heterocycles. The topological polar surface area (TPSA) is 6.48 Å². The molecular formula is C17H24N2. The number of hydrogen-bond acceptors (Lipinski definition) is 2. The predicted molar refractivity (Wildman–Crippen MR) is 77.8 cm³/mol. The molecule has 102 valence electrons. The van der Waals surface area contributed by atoms with Crippen LogP contribution in [0.3, 0.4) is 0 Å². The van der Waals surface area contributed by atoms with Crippen molar-refractivity contribution in [1.29, 1.82) is 0 Å². The first-order valence-electron chi connectivity index (χ1n) is 7.78. The molecule has 1 aliphatic carbocycles. The third-order valence-corrected chi connectivity index (χ3v) is 5.34. The predicted octanol–water partition coefficient (Wildman–Crippen LogP) is 2.46. The van der Waals surface area contributed by atoms with Gasteiger partial charge in [-0.1, -0.05) is 30.3 Å². The van der Waals surface area contributed by atoms with E-state index >= 15 is 0 Å². The van der Waals surface area contributed by atoms with E-state index in [2.05, 4.69) is 47.2 Å². The van der Waals surface area contributed by atoms with Gasteiger partial charge in [-0.15, -0.1) is 0 Å². The van der Waals surface area contributed by atoms with Crippen LogP contribution >= 0.6 is 0 Å². The molecule has 19 heavy (non-hydrogen) atoms. The van der Waals surface area contributed by atoms with Gasteiger partial charge >= 0.3 is 0 Å². The molecule has 0 amide bonds. The summed E-state index contributed by atoms with van der Waals surface area (Å²) < 4.78 is 0. The molecule has 0 aromatic heterocycles. The molecule has 1 saturated carbocycles. The monoisotopic (exact) mass is 256 g/mol. The number of rotatable bonds is 3. The van der Waals surface area contributed by atoms with Crippen LogP contribution < -0.4 is 0 Å². The standard InChI is InChI=1S/C17H24N2/c1-18-10-15-11-19(9-13-5-3-2-4-6-13)17(14-7-8-14)16(15)12-18/h2-6,14-17H,7-12H2,1H3/t15-,16+,17+/m1/s1. The molecule has 2 nitrogen and oxygen atoms in total. The highest BCUT2D eigenvalue weighted by Crippen LogP contribution is 2.47. The van der Waals surface area contributed by atoms with Gasteiger partial charge in [0.2, 0.25) is 0 Å². The molecule has 0 unspecified atom stereocenters. The lowest BCUT2D eigenvalue weighted by Gasteiger charge is -2.29. The maximum absolute atomic E-state index is 2.80. The Kier molecular flexibility index (Phi) is 2.89. The second-order valence-electron chi connectivity index (χ2n) is 6.89. The molecule has 1 aromatic carbocycles. The van der Waals surface area contributed by atoms with E-state index in [1.165, 1.54) is 44.6 Å². The molecule has 4 rings (SSSR count). The van der Waals surface area contributed by atoms with Crippen LogP contribution in [0.25, 0.3) is 0 Å². The molecular weight excluding hydrogens is 232 g/mol. The second kappa shape index (κ2) is 4.60. The van der Waals surface area contributed by atoms with Gasteiger partial charge in [0, 0.05) is 32.2 Å². The van der Waals surface area contributed by atoms with Crippen molar-refractivity contribution in [2.45, 2.75) is 25.4 Å². The molecule has 0 radical (unpaired) electrons. The van der Waals surface area contributed by atoms with E-state index in [9.17, 15) is 0 Å². The highest BCUT2D eigenvalue weighted by molar-refractivity contribution is 5.16. The van der Waals surface area contributed by atoms with E-state index in [-0.39, 0.29) is 0 Å². The summed E-state index contributed by atoms with van der Waals surface area (Å²) in [5.74, 6) is 2.88. The van der Waals surface area contributed by atoms with E-state index in [4.69, 9.17) is 0 Å². The van der Waals surface area contributed by atoms with Gasteiger partial charge in [0.15, 0.2) is 0 Å². The van der Waals surface area contributed by atoms with E-state index in [0.29, 0.717) is 0 Å². The van der Waals surface area contributed by atoms with Crippen LogP contribution in [0.1, 0.15) is 18.4 Å². The summed E-state index contributed by atoms with van der Waals surface area (Å²) in [6.07, 6.45) is 2.95. The van der Waals surface area contributed by atoms with Gasteiger partial charge in [-0.25, -0.2) is 0 Å². The normalized spacial score (nSPS) is 35.7. The van der Waals surface area contributed by atoms with Crippen molar-refractivity contribution in [3.63, 3.8) is 0 Å². The van der Waals surface area contributed by atoms with Gasteiger partial charge in [-0.3, -0.25) is 4.90 Å². The van der Waals surface area contributed by atoms with Crippen LogP contribution in [0.15, 0.2) is 30.3 Å². The number of fused-ring (bicyclic) bond motifs is 1. The van der Waals surface area contributed by atoms with Crippen LogP contribution in [0, 0.1) is 17.8 Å². The summed E-state index contributed by atoms with van der Waals surface area (Å²) in [5.41, 5.74) is 1.49. The molecule has 0 bridgehead atoms. The van der Waals surface area contributed by atoms with E-state index < -0.39 is 0 Å². The number of likely N-dealkylation sites (tertiary alicyclic amines) is 2. The first-order valence-corrected chi connectivity index (χ1v) is 7.78. The largest absolute Gasteiger partial charge is 0.306 e. The van der Waals surface area contributed by atoms with Gasteiger partial charge in [-0.2, -0.15) is 0 Å². The first kappa shape index (κ1) is 11.9. The van der Waals surface area contributed by atoms with Crippen molar-refractivity contribution in [3.05, 3.63) is 35.9 Å². The molecule has 2 aliphatic heterocycles. The van der Waals surface area contributed by atoms with Crippen molar-refractivity contribution < 1.29 is 0 Å². The highest BCUT2D eigenvalue weighted by atomic mass is 15.3. The maximum atomic E-state index is 2.80. The Hall–Kier alpha value is -0.860. The summed E-state index contributed by atoms with van der Waals surface area (Å²) in [7, 11) is 2.30. The zero-order valence-corrected chi connectivity index (χ0v) is 11.8. The van der Waals surface area contributed by atoms with Crippen LogP contribution in [-0.4, -0.2) is 42.5 Å². The minimum atomic E-state index is 0.871. The molecule has 3 aliphatic rings. The minimum Gasteiger partial charge on any atom is -0.306 e. The lowest BCUT2D eigenvalue weighted by Crippen LogP contribution is -2.37. The van der Waals surface area contributed by atoms with Crippen molar-refractivity contribution in [2.75, 3.05) is 26.7 Å². The molecule has 0 N–H and O–H groups in total. The molecule has 3 fully saturated rings. The van der Waals surface area contributed by atoms with Crippen LogP contribution in [0.5, 0.6) is 0 Å². The fourth-order valence-electron chi connectivity index (χ4n) is 4.47. The molecule has 1 aromatic rings. The van der Waals surface area contributed by atoms with E-state index in [1.54, 1.807) is 0 Å². The number of hydrogen-bond donors (Lipinski definition) is 0. The van der Waals surface area contributed by atoms with Gasteiger partial charge in [-0.05, 0) is 43.2 Å². The Bertz CT molecular complexity index is 440. The third-order valence-electron chi connectivity index (χ3n) is 5.34. The second-order valence-corrected chi connectivity index (χ2v) is 6.89. The Morgan fingerprint density at radius 3 is 2.53 bits per heavy atom. The Balaban J connectivity index is 1.52. The summed E-state index contributed by atoms with van der Waals surface area (Å²) in [5, 5.41) is 0. The fourth-order valence-corrected chi connectivity index (χ4v) is 4.47. The fraction of sp³-hybridized carbons (Fsp3) is 0.647. The molecule has 3 atom stereocenters.